The fourth-order valence-corrected chi connectivity index (χ4v) is 5.24. The Bertz CT molecular complexity index is 1450. The van der Waals surface area contributed by atoms with Crippen molar-refractivity contribution in [3.63, 3.8) is 0 Å². The molecule has 0 aliphatic heterocycles. The Morgan fingerprint density at radius 3 is 2.32 bits per heavy atom. The average molecular weight is 567 g/mol. The van der Waals surface area contributed by atoms with Gasteiger partial charge in [-0.3, -0.25) is 9.59 Å². The Morgan fingerprint density at radius 1 is 0.816 bits per heavy atom. The molecule has 0 saturated heterocycles. The fourth-order valence-electron chi connectivity index (χ4n) is 3.67. The van der Waals surface area contributed by atoms with Gasteiger partial charge in [0.25, 0.3) is 5.91 Å². The summed E-state index contributed by atoms with van der Waals surface area (Å²) in [4.78, 5) is 27.2. The Labute approximate surface area is 235 Å². The van der Waals surface area contributed by atoms with E-state index in [9.17, 15) is 9.59 Å². The van der Waals surface area contributed by atoms with Gasteiger partial charge in [0.15, 0.2) is 0 Å². The van der Waals surface area contributed by atoms with Crippen molar-refractivity contribution in [3.05, 3.63) is 112 Å². The Balaban J connectivity index is 1.58. The summed E-state index contributed by atoms with van der Waals surface area (Å²) in [5.74, 6) is 0.502. The zero-order valence-corrected chi connectivity index (χ0v) is 22.9. The SMILES string of the molecule is COc1ccc(OC)c(NC(=O)C(Sc2cccc(NC(=O)c3ccc(Cl)cc3Cl)c2)c2ccccc2)c1. The molecule has 194 valence electrons. The number of halogens is 2. The molecule has 0 aliphatic carbocycles. The zero-order chi connectivity index (χ0) is 27.1. The Kier molecular flexibility index (Phi) is 9.18. The van der Waals surface area contributed by atoms with Crippen molar-refractivity contribution in [2.75, 3.05) is 24.9 Å². The number of hydrogen-bond acceptors (Lipinski definition) is 5. The van der Waals surface area contributed by atoms with Gasteiger partial charge in [-0.1, -0.05) is 59.6 Å². The summed E-state index contributed by atoms with van der Waals surface area (Å²) >= 11 is 13.5. The summed E-state index contributed by atoms with van der Waals surface area (Å²) in [5, 5.41) is 5.94. The molecule has 4 rings (SSSR count). The highest BCUT2D eigenvalue weighted by molar-refractivity contribution is 8.00. The van der Waals surface area contributed by atoms with E-state index in [4.69, 9.17) is 32.7 Å². The van der Waals surface area contributed by atoms with E-state index in [1.807, 2.05) is 48.5 Å². The highest BCUT2D eigenvalue weighted by atomic mass is 35.5. The molecule has 0 aromatic heterocycles. The van der Waals surface area contributed by atoms with Crippen LogP contribution < -0.4 is 20.1 Å². The number of rotatable bonds is 9. The van der Waals surface area contributed by atoms with Crippen LogP contribution in [0.5, 0.6) is 11.5 Å². The first-order valence-corrected chi connectivity index (χ1v) is 13.1. The van der Waals surface area contributed by atoms with Crippen molar-refractivity contribution in [1.29, 1.82) is 0 Å². The third kappa shape index (κ3) is 6.81. The number of hydrogen-bond donors (Lipinski definition) is 2. The van der Waals surface area contributed by atoms with E-state index < -0.39 is 5.25 Å². The molecule has 1 unspecified atom stereocenters. The van der Waals surface area contributed by atoms with Gasteiger partial charge in [0.2, 0.25) is 5.91 Å². The van der Waals surface area contributed by atoms with E-state index in [0.717, 1.165) is 10.5 Å². The van der Waals surface area contributed by atoms with E-state index in [2.05, 4.69) is 10.6 Å². The molecule has 4 aromatic carbocycles. The van der Waals surface area contributed by atoms with Gasteiger partial charge in [-0.25, -0.2) is 0 Å². The monoisotopic (exact) mass is 566 g/mol. The molecule has 4 aromatic rings. The minimum Gasteiger partial charge on any atom is -0.497 e. The van der Waals surface area contributed by atoms with Gasteiger partial charge in [0, 0.05) is 21.7 Å². The summed E-state index contributed by atoms with van der Waals surface area (Å²) in [6.45, 7) is 0. The van der Waals surface area contributed by atoms with Gasteiger partial charge >= 0.3 is 0 Å². The maximum atomic E-state index is 13.6. The molecule has 0 spiro atoms. The molecule has 0 fully saturated rings. The summed E-state index contributed by atoms with van der Waals surface area (Å²) in [6.07, 6.45) is 0. The van der Waals surface area contributed by atoms with Gasteiger partial charge < -0.3 is 20.1 Å². The quantitative estimate of drug-likeness (QED) is 0.203. The third-order valence-corrected chi connectivity index (χ3v) is 7.32. The minimum absolute atomic E-state index is 0.241. The molecule has 38 heavy (non-hydrogen) atoms. The van der Waals surface area contributed by atoms with Crippen molar-refractivity contribution in [2.45, 2.75) is 10.1 Å². The Hall–Kier alpha value is -3.65. The van der Waals surface area contributed by atoms with Crippen molar-refractivity contribution < 1.29 is 19.1 Å². The number of amides is 2. The van der Waals surface area contributed by atoms with Crippen LogP contribution in [0.4, 0.5) is 11.4 Å². The minimum atomic E-state index is -0.594. The van der Waals surface area contributed by atoms with Crippen molar-refractivity contribution in [1.82, 2.24) is 0 Å². The summed E-state index contributed by atoms with van der Waals surface area (Å²) in [7, 11) is 3.10. The van der Waals surface area contributed by atoms with Crippen LogP contribution in [0, 0.1) is 0 Å². The van der Waals surface area contributed by atoms with E-state index >= 15 is 0 Å². The molecule has 1 atom stereocenters. The van der Waals surface area contributed by atoms with Gasteiger partial charge in [-0.05, 0) is 54.1 Å². The second-order valence-corrected chi connectivity index (χ2v) is 10.1. The Morgan fingerprint density at radius 2 is 1.61 bits per heavy atom. The molecule has 0 saturated carbocycles. The first-order chi connectivity index (χ1) is 18.4. The second-order valence-electron chi connectivity index (χ2n) is 8.07. The van der Waals surface area contributed by atoms with Crippen LogP contribution in [-0.2, 0) is 4.79 Å². The summed E-state index contributed by atoms with van der Waals surface area (Å²) in [6, 6.07) is 26.6. The maximum absolute atomic E-state index is 13.6. The van der Waals surface area contributed by atoms with Crippen LogP contribution in [0.15, 0.2) is 95.9 Å². The molecule has 0 radical (unpaired) electrons. The molecule has 0 aliphatic rings. The summed E-state index contributed by atoms with van der Waals surface area (Å²) < 4.78 is 10.7. The normalized spacial score (nSPS) is 11.4. The number of nitrogens with one attached hydrogen (secondary N) is 2. The first kappa shape index (κ1) is 27.4. The van der Waals surface area contributed by atoms with Crippen LogP contribution in [0.2, 0.25) is 10.0 Å². The molecule has 2 N–H and O–H groups in total. The molecule has 9 heteroatoms. The zero-order valence-electron chi connectivity index (χ0n) is 20.5. The van der Waals surface area contributed by atoms with Crippen LogP contribution in [0.25, 0.3) is 0 Å². The van der Waals surface area contributed by atoms with E-state index in [1.165, 1.54) is 24.9 Å². The van der Waals surface area contributed by atoms with E-state index in [0.29, 0.717) is 33.5 Å². The summed E-state index contributed by atoms with van der Waals surface area (Å²) in [5.41, 5.74) is 2.19. The lowest BCUT2D eigenvalue weighted by atomic mass is 10.1. The first-order valence-electron chi connectivity index (χ1n) is 11.5. The molecule has 6 nitrogen and oxygen atoms in total. The van der Waals surface area contributed by atoms with Crippen molar-refractivity contribution in [2.24, 2.45) is 0 Å². The van der Waals surface area contributed by atoms with Crippen LogP contribution in [0.3, 0.4) is 0 Å². The van der Waals surface area contributed by atoms with E-state index in [-0.39, 0.29) is 16.8 Å². The molecular formula is C29H24Cl2N2O4S. The lowest BCUT2D eigenvalue weighted by molar-refractivity contribution is -0.115. The van der Waals surface area contributed by atoms with Gasteiger partial charge in [0.05, 0.1) is 30.5 Å². The predicted octanol–water partition coefficient (Wildman–Crippen LogP) is 7.74. The third-order valence-electron chi connectivity index (χ3n) is 5.53. The van der Waals surface area contributed by atoms with Crippen LogP contribution >= 0.6 is 35.0 Å². The second kappa shape index (κ2) is 12.7. The number of thioether (sulfide) groups is 1. The lowest BCUT2D eigenvalue weighted by Gasteiger charge is -2.19. The molecule has 0 heterocycles. The average Bonchev–Trinajstić information content (AvgIpc) is 2.92. The number of benzene rings is 4. The van der Waals surface area contributed by atoms with Gasteiger partial charge in [-0.15, -0.1) is 11.8 Å². The number of carbonyl (C=O) groups is 2. The molecule has 0 bridgehead atoms. The van der Waals surface area contributed by atoms with Crippen molar-refractivity contribution >= 4 is 58.2 Å². The van der Waals surface area contributed by atoms with Crippen molar-refractivity contribution in [3.8, 4) is 11.5 Å². The molecular weight excluding hydrogens is 543 g/mol. The van der Waals surface area contributed by atoms with Crippen LogP contribution in [-0.4, -0.2) is 26.0 Å². The fraction of sp³-hybridized carbons (Fsp3) is 0.103. The number of carbonyl (C=O) groups excluding carboxylic acids is 2. The van der Waals surface area contributed by atoms with Crippen LogP contribution in [0.1, 0.15) is 21.2 Å². The topological polar surface area (TPSA) is 76.7 Å². The number of ether oxygens (including phenoxy) is 2. The highest BCUT2D eigenvalue weighted by Crippen LogP contribution is 2.38. The maximum Gasteiger partial charge on any atom is 0.257 e. The molecule has 2 amide bonds. The predicted molar refractivity (Wildman–Crippen MR) is 154 cm³/mol. The van der Waals surface area contributed by atoms with E-state index in [1.54, 1.807) is 43.5 Å². The standard InChI is InChI=1S/C29H24Cl2N2O4S/c1-36-21-12-14-26(37-2)25(17-21)33-29(35)27(18-7-4-3-5-8-18)38-22-10-6-9-20(16-22)32-28(34)23-13-11-19(30)15-24(23)31/h3-17,27H,1-2H3,(H,32,34)(H,33,35). The van der Waals surface area contributed by atoms with Gasteiger partial charge in [0.1, 0.15) is 16.7 Å². The number of methoxy groups -OCH3 is 2. The number of anilines is 2. The largest absolute Gasteiger partial charge is 0.497 e. The lowest BCUT2D eigenvalue weighted by Crippen LogP contribution is -2.19. The smallest absolute Gasteiger partial charge is 0.257 e. The van der Waals surface area contributed by atoms with Gasteiger partial charge in [-0.2, -0.15) is 0 Å². The highest BCUT2D eigenvalue weighted by Gasteiger charge is 2.24.